The first-order valence-corrected chi connectivity index (χ1v) is 4.89. The molecule has 1 atom stereocenters. The van der Waals surface area contributed by atoms with Crippen molar-refractivity contribution in [2.45, 2.75) is 12.5 Å². The van der Waals surface area contributed by atoms with E-state index in [9.17, 15) is 4.79 Å². The number of aromatic nitrogens is 2. The van der Waals surface area contributed by atoms with E-state index in [1.165, 1.54) is 0 Å². The van der Waals surface area contributed by atoms with E-state index in [-0.39, 0.29) is 12.1 Å². The van der Waals surface area contributed by atoms with Crippen molar-refractivity contribution in [3.63, 3.8) is 0 Å². The summed E-state index contributed by atoms with van der Waals surface area (Å²) in [5, 5.41) is 0. The van der Waals surface area contributed by atoms with Crippen LogP contribution in [0.15, 0.2) is 12.4 Å². The molecule has 0 radical (unpaired) electrons. The number of nitrogens with zero attached hydrogens (tertiary/aromatic N) is 2. The molecule has 1 saturated heterocycles. The molecular formula is C8H12N4OS. The van der Waals surface area contributed by atoms with Gasteiger partial charge >= 0.3 is 6.03 Å². The minimum atomic E-state index is -0.352. The van der Waals surface area contributed by atoms with Crippen LogP contribution in [0, 0.1) is 4.77 Å². The number of likely N-dealkylation sites (tertiary alicyclic amines) is 1. The van der Waals surface area contributed by atoms with Gasteiger partial charge in [0, 0.05) is 25.5 Å². The predicted molar refractivity (Wildman–Crippen MR) is 54.4 cm³/mol. The van der Waals surface area contributed by atoms with E-state index in [1.807, 2.05) is 10.8 Å². The Kier molecular flexibility index (Phi) is 2.28. The molecule has 1 unspecified atom stereocenters. The van der Waals surface area contributed by atoms with Crippen molar-refractivity contribution < 1.29 is 4.79 Å². The lowest BCUT2D eigenvalue weighted by atomic mass is 10.3. The summed E-state index contributed by atoms with van der Waals surface area (Å²) in [6.07, 6.45) is 4.61. The van der Waals surface area contributed by atoms with Crippen molar-refractivity contribution in [2.24, 2.45) is 5.73 Å². The van der Waals surface area contributed by atoms with Crippen LogP contribution in [-0.4, -0.2) is 33.6 Å². The maximum absolute atomic E-state index is 10.9. The highest BCUT2D eigenvalue weighted by atomic mass is 32.1. The number of carbonyl (C=O) groups is 1. The average molecular weight is 212 g/mol. The fraction of sp³-hybridized carbons (Fsp3) is 0.500. The molecule has 5 nitrogen and oxygen atoms in total. The summed E-state index contributed by atoms with van der Waals surface area (Å²) < 4.78 is 2.67. The van der Waals surface area contributed by atoms with Gasteiger partial charge in [-0.15, -0.1) is 0 Å². The predicted octanol–water partition coefficient (Wildman–Crippen LogP) is 0.871. The van der Waals surface area contributed by atoms with Gasteiger partial charge in [-0.25, -0.2) is 4.79 Å². The highest BCUT2D eigenvalue weighted by Crippen LogP contribution is 2.21. The number of rotatable bonds is 1. The zero-order chi connectivity index (χ0) is 10.1. The molecule has 0 spiro atoms. The fourth-order valence-corrected chi connectivity index (χ4v) is 2.07. The summed E-state index contributed by atoms with van der Waals surface area (Å²) in [4.78, 5) is 15.5. The maximum Gasteiger partial charge on any atom is 0.314 e. The lowest BCUT2D eigenvalue weighted by Crippen LogP contribution is -2.33. The Morgan fingerprint density at radius 1 is 1.71 bits per heavy atom. The molecule has 1 aromatic heterocycles. The van der Waals surface area contributed by atoms with Gasteiger partial charge in [-0.3, -0.25) is 0 Å². The number of amides is 2. The number of nitrogens with two attached hydrogens (primary N) is 1. The normalized spacial score (nSPS) is 21.4. The van der Waals surface area contributed by atoms with Gasteiger partial charge in [-0.05, 0) is 18.6 Å². The number of hydrogen-bond donors (Lipinski definition) is 2. The van der Waals surface area contributed by atoms with Crippen LogP contribution in [-0.2, 0) is 0 Å². The van der Waals surface area contributed by atoms with E-state index < -0.39 is 0 Å². The summed E-state index contributed by atoms with van der Waals surface area (Å²) in [7, 11) is 0. The lowest BCUT2D eigenvalue weighted by Gasteiger charge is -2.13. The summed E-state index contributed by atoms with van der Waals surface area (Å²) in [6, 6.07) is -0.0872. The van der Waals surface area contributed by atoms with Crippen LogP contribution in [0.4, 0.5) is 4.79 Å². The van der Waals surface area contributed by atoms with Gasteiger partial charge in [0.15, 0.2) is 4.77 Å². The number of hydrogen-bond acceptors (Lipinski definition) is 2. The summed E-state index contributed by atoms with van der Waals surface area (Å²) in [5.74, 6) is 0. The minimum absolute atomic E-state index is 0.265. The van der Waals surface area contributed by atoms with Crippen molar-refractivity contribution in [2.75, 3.05) is 13.1 Å². The maximum atomic E-state index is 10.9. The van der Waals surface area contributed by atoms with Gasteiger partial charge in [0.05, 0.1) is 6.04 Å². The number of carbonyl (C=O) groups excluding carboxylic acids is 1. The summed E-state index contributed by atoms with van der Waals surface area (Å²) in [5.41, 5.74) is 5.20. The zero-order valence-corrected chi connectivity index (χ0v) is 8.46. The van der Waals surface area contributed by atoms with Crippen LogP contribution in [0.3, 0.4) is 0 Å². The number of H-pyrrole nitrogens is 1. The van der Waals surface area contributed by atoms with E-state index >= 15 is 0 Å². The topological polar surface area (TPSA) is 67.1 Å². The van der Waals surface area contributed by atoms with Gasteiger partial charge in [0.25, 0.3) is 0 Å². The highest BCUT2D eigenvalue weighted by Gasteiger charge is 2.25. The molecule has 1 aliphatic heterocycles. The van der Waals surface area contributed by atoms with Crippen LogP contribution in [0.2, 0.25) is 0 Å². The first-order chi connectivity index (χ1) is 6.68. The molecule has 6 heteroatoms. The molecule has 2 amide bonds. The van der Waals surface area contributed by atoms with Crippen molar-refractivity contribution in [1.82, 2.24) is 14.5 Å². The van der Waals surface area contributed by atoms with Crippen molar-refractivity contribution >= 4 is 18.2 Å². The van der Waals surface area contributed by atoms with Gasteiger partial charge in [-0.2, -0.15) is 0 Å². The largest absolute Gasteiger partial charge is 0.351 e. The second-order valence-electron chi connectivity index (χ2n) is 3.40. The van der Waals surface area contributed by atoms with E-state index in [4.69, 9.17) is 18.0 Å². The third-order valence-electron chi connectivity index (χ3n) is 2.54. The molecule has 76 valence electrons. The Morgan fingerprint density at radius 3 is 3.00 bits per heavy atom. The Bertz CT molecular complexity index is 396. The van der Waals surface area contributed by atoms with Crippen LogP contribution >= 0.6 is 12.2 Å². The number of aromatic amines is 1. The van der Waals surface area contributed by atoms with Crippen LogP contribution in [0.5, 0.6) is 0 Å². The third-order valence-corrected chi connectivity index (χ3v) is 2.87. The van der Waals surface area contributed by atoms with Crippen molar-refractivity contribution in [3.05, 3.63) is 17.2 Å². The van der Waals surface area contributed by atoms with Crippen LogP contribution in [0.25, 0.3) is 0 Å². The fourth-order valence-electron chi connectivity index (χ4n) is 1.79. The second-order valence-corrected chi connectivity index (χ2v) is 3.79. The molecule has 0 bridgehead atoms. The Labute approximate surface area is 86.5 Å². The molecule has 14 heavy (non-hydrogen) atoms. The molecule has 3 N–H and O–H groups in total. The van der Waals surface area contributed by atoms with Crippen LogP contribution < -0.4 is 5.73 Å². The van der Waals surface area contributed by atoms with Gasteiger partial charge in [0.2, 0.25) is 0 Å². The Morgan fingerprint density at radius 2 is 2.50 bits per heavy atom. The number of urea groups is 1. The lowest BCUT2D eigenvalue weighted by molar-refractivity contribution is 0.217. The smallest absolute Gasteiger partial charge is 0.314 e. The zero-order valence-electron chi connectivity index (χ0n) is 7.64. The first-order valence-electron chi connectivity index (χ1n) is 4.48. The molecule has 2 heterocycles. The molecular weight excluding hydrogens is 200 g/mol. The van der Waals surface area contributed by atoms with E-state index in [0.29, 0.717) is 17.9 Å². The molecule has 1 aliphatic rings. The van der Waals surface area contributed by atoms with Crippen molar-refractivity contribution in [1.29, 1.82) is 0 Å². The van der Waals surface area contributed by atoms with Gasteiger partial charge in [0.1, 0.15) is 0 Å². The molecule has 0 saturated carbocycles. The number of imidazole rings is 1. The molecule has 0 aromatic carbocycles. The average Bonchev–Trinajstić information content (AvgIpc) is 2.71. The molecule has 2 rings (SSSR count). The van der Waals surface area contributed by atoms with E-state index in [2.05, 4.69) is 4.98 Å². The minimum Gasteiger partial charge on any atom is -0.351 e. The summed E-state index contributed by atoms with van der Waals surface area (Å²) in [6.45, 7) is 1.37. The standard InChI is InChI=1S/C8H12N4OS/c9-7(13)11-3-1-6(5-11)12-4-2-10-8(12)14/h2,4,6H,1,3,5H2,(H2,9,13)(H,10,14). The molecule has 1 fully saturated rings. The quantitative estimate of drug-likeness (QED) is 0.678. The highest BCUT2D eigenvalue weighted by molar-refractivity contribution is 7.71. The molecule has 0 aliphatic carbocycles. The first kappa shape index (κ1) is 9.26. The monoisotopic (exact) mass is 212 g/mol. The SMILES string of the molecule is NC(=O)N1CCC(n2cc[nH]c2=S)C1. The van der Waals surface area contributed by atoms with Gasteiger partial charge in [-0.1, -0.05) is 0 Å². The van der Waals surface area contributed by atoms with Gasteiger partial charge < -0.3 is 20.2 Å². The Hall–Kier alpha value is -1.30. The van der Waals surface area contributed by atoms with Crippen molar-refractivity contribution in [3.8, 4) is 0 Å². The number of nitrogens with one attached hydrogen (secondary N) is 1. The third kappa shape index (κ3) is 1.52. The second kappa shape index (κ2) is 3.45. The van der Waals surface area contributed by atoms with E-state index in [1.54, 1.807) is 11.1 Å². The van der Waals surface area contributed by atoms with Crippen LogP contribution in [0.1, 0.15) is 12.5 Å². The van der Waals surface area contributed by atoms with E-state index in [0.717, 1.165) is 6.42 Å². The number of primary amides is 1. The Balaban J connectivity index is 2.13. The summed E-state index contributed by atoms with van der Waals surface area (Å²) >= 11 is 5.10. The molecule has 1 aromatic rings.